The number of halogens is 4. The van der Waals surface area contributed by atoms with Gasteiger partial charge in [0.25, 0.3) is 0 Å². The molecular formula is C15H8BrClF2O2. The first-order chi connectivity index (χ1) is 9.95. The van der Waals surface area contributed by atoms with E-state index in [1.807, 2.05) is 0 Å². The van der Waals surface area contributed by atoms with Crippen molar-refractivity contribution < 1.29 is 18.3 Å². The van der Waals surface area contributed by atoms with E-state index in [1.54, 1.807) is 18.2 Å². The maximum Gasteiger partial charge on any atom is 0.142 e. The molecule has 0 amide bonds. The van der Waals surface area contributed by atoms with Gasteiger partial charge in [0, 0.05) is 14.9 Å². The Morgan fingerprint density at radius 2 is 1.76 bits per heavy atom. The van der Waals surface area contributed by atoms with Gasteiger partial charge in [0.05, 0.1) is 5.56 Å². The molecule has 0 saturated heterocycles. The number of aliphatic hydroxyl groups is 1. The van der Waals surface area contributed by atoms with Crippen LogP contribution in [0.2, 0.25) is 5.02 Å². The number of hydrogen-bond acceptors (Lipinski definition) is 2. The second-order valence-corrected chi connectivity index (χ2v) is 5.87. The summed E-state index contributed by atoms with van der Waals surface area (Å²) in [5.41, 5.74) is 0.0229. The average Bonchev–Trinajstić information content (AvgIpc) is 2.80. The third kappa shape index (κ3) is 2.69. The maximum atomic E-state index is 13.9. The molecule has 2 aromatic carbocycles. The van der Waals surface area contributed by atoms with Crippen LogP contribution in [0.1, 0.15) is 17.4 Å². The molecule has 0 aliphatic carbocycles. The Morgan fingerprint density at radius 1 is 1.10 bits per heavy atom. The van der Waals surface area contributed by atoms with Crippen molar-refractivity contribution >= 4 is 38.5 Å². The molecule has 1 unspecified atom stereocenters. The summed E-state index contributed by atoms with van der Waals surface area (Å²) < 4.78 is 33.4. The molecule has 0 aliphatic heterocycles. The van der Waals surface area contributed by atoms with Gasteiger partial charge in [-0.1, -0.05) is 27.5 Å². The van der Waals surface area contributed by atoms with Crippen LogP contribution in [0.5, 0.6) is 0 Å². The zero-order valence-corrected chi connectivity index (χ0v) is 12.8. The van der Waals surface area contributed by atoms with Gasteiger partial charge in [-0.05, 0) is 36.4 Å². The summed E-state index contributed by atoms with van der Waals surface area (Å²) in [5, 5.41) is 11.3. The van der Waals surface area contributed by atoms with Crippen LogP contribution in [0.3, 0.4) is 0 Å². The molecule has 1 aromatic heterocycles. The number of benzene rings is 2. The van der Waals surface area contributed by atoms with Gasteiger partial charge in [-0.15, -0.1) is 0 Å². The van der Waals surface area contributed by atoms with Crippen LogP contribution in [0.25, 0.3) is 11.0 Å². The quantitative estimate of drug-likeness (QED) is 0.669. The van der Waals surface area contributed by atoms with Gasteiger partial charge in [-0.3, -0.25) is 0 Å². The first-order valence-electron chi connectivity index (χ1n) is 5.97. The highest BCUT2D eigenvalue weighted by molar-refractivity contribution is 9.10. The molecule has 3 rings (SSSR count). The number of furan rings is 1. The highest BCUT2D eigenvalue weighted by atomic mass is 79.9. The van der Waals surface area contributed by atoms with Gasteiger partial charge in [-0.25, -0.2) is 8.78 Å². The minimum atomic E-state index is -1.54. The van der Waals surface area contributed by atoms with Crippen molar-refractivity contribution in [3.63, 3.8) is 0 Å². The van der Waals surface area contributed by atoms with Crippen molar-refractivity contribution in [3.05, 3.63) is 68.9 Å². The molecule has 6 heteroatoms. The van der Waals surface area contributed by atoms with Gasteiger partial charge < -0.3 is 9.52 Å². The maximum absolute atomic E-state index is 13.9. The summed E-state index contributed by atoms with van der Waals surface area (Å²) in [6, 6.07) is 8.58. The van der Waals surface area contributed by atoms with Crippen LogP contribution >= 0.6 is 27.5 Å². The van der Waals surface area contributed by atoms with E-state index in [2.05, 4.69) is 15.9 Å². The molecule has 0 fully saturated rings. The lowest BCUT2D eigenvalue weighted by molar-refractivity contribution is 0.182. The summed E-state index contributed by atoms with van der Waals surface area (Å²) in [7, 11) is 0. The topological polar surface area (TPSA) is 33.4 Å². The Labute approximate surface area is 132 Å². The third-order valence-electron chi connectivity index (χ3n) is 3.08. The normalized spacial score (nSPS) is 12.8. The van der Waals surface area contributed by atoms with Gasteiger partial charge in [0.2, 0.25) is 0 Å². The average molecular weight is 374 g/mol. The predicted octanol–water partition coefficient (Wildman–Crippen LogP) is 5.21. The van der Waals surface area contributed by atoms with Gasteiger partial charge in [-0.2, -0.15) is 0 Å². The van der Waals surface area contributed by atoms with Crippen molar-refractivity contribution in [1.29, 1.82) is 0 Å². The summed E-state index contributed by atoms with van der Waals surface area (Å²) in [6.07, 6.45) is -1.54. The molecular weight excluding hydrogens is 366 g/mol. The van der Waals surface area contributed by atoms with Gasteiger partial charge >= 0.3 is 0 Å². The largest absolute Gasteiger partial charge is 0.458 e. The highest BCUT2D eigenvalue weighted by Crippen LogP contribution is 2.33. The summed E-state index contributed by atoms with van der Waals surface area (Å²) in [4.78, 5) is 0. The fourth-order valence-electron chi connectivity index (χ4n) is 2.13. The lowest BCUT2D eigenvalue weighted by atomic mass is 10.1. The summed E-state index contributed by atoms with van der Waals surface area (Å²) in [5.74, 6) is -1.66. The molecule has 0 spiro atoms. The molecule has 0 bridgehead atoms. The molecule has 2 nitrogen and oxygen atoms in total. The zero-order chi connectivity index (χ0) is 15.1. The minimum absolute atomic E-state index is 0.0485. The Morgan fingerprint density at radius 3 is 2.43 bits per heavy atom. The lowest BCUT2D eigenvalue weighted by Gasteiger charge is -2.10. The van der Waals surface area contributed by atoms with E-state index < -0.39 is 23.3 Å². The Kier molecular flexibility index (Phi) is 3.73. The van der Waals surface area contributed by atoms with Crippen molar-refractivity contribution in [2.45, 2.75) is 6.10 Å². The fourth-order valence-corrected chi connectivity index (χ4v) is 2.71. The molecule has 3 aromatic rings. The molecule has 108 valence electrons. The lowest BCUT2D eigenvalue weighted by Crippen LogP contribution is -2.05. The number of aliphatic hydroxyl groups excluding tert-OH is 1. The van der Waals surface area contributed by atoms with Crippen LogP contribution in [-0.4, -0.2) is 5.11 Å². The Bertz CT molecular complexity index is 809. The second-order valence-electron chi connectivity index (χ2n) is 4.52. The number of rotatable bonds is 2. The summed E-state index contributed by atoms with van der Waals surface area (Å²) in [6.45, 7) is 0. The van der Waals surface area contributed by atoms with Crippen LogP contribution in [0.4, 0.5) is 8.78 Å². The number of fused-ring (bicyclic) bond motifs is 1. The van der Waals surface area contributed by atoms with E-state index in [0.717, 1.165) is 12.1 Å². The van der Waals surface area contributed by atoms with Crippen molar-refractivity contribution in [3.8, 4) is 0 Å². The van der Waals surface area contributed by atoms with Crippen molar-refractivity contribution in [2.24, 2.45) is 0 Å². The first-order valence-corrected chi connectivity index (χ1v) is 7.14. The molecule has 0 saturated carbocycles. The van der Waals surface area contributed by atoms with Crippen LogP contribution in [-0.2, 0) is 0 Å². The summed E-state index contributed by atoms with van der Waals surface area (Å²) >= 11 is 8.85. The van der Waals surface area contributed by atoms with E-state index in [4.69, 9.17) is 16.0 Å². The van der Waals surface area contributed by atoms with Crippen LogP contribution < -0.4 is 0 Å². The van der Waals surface area contributed by atoms with Gasteiger partial charge in [0.1, 0.15) is 29.1 Å². The third-order valence-corrected chi connectivity index (χ3v) is 3.78. The number of hydrogen-bond donors (Lipinski definition) is 1. The minimum Gasteiger partial charge on any atom is -0.458 e. The molecule has 21 heavy (non-hydrogen) atoms. The fraction of sp³-hybridized carbons (Fsp3) is 0.0667. The van der Waals surface area contributed by atoms with Gasteiger partial charge in [0.15, 0.2) is 0 Å². The molecule has 1 heterocycles. The SMILES string of the molecule is OC(c1cc2cc(Cl)ccc2o1)c1c(F)cc(Br)cc1F. The Hall–Kier alpha value is -1.43. The highest BCUT2D eigenvalue weighted by Gasteiger charge is 2.23. The van der Waals surface area contributed by atoms with E-state index in [-0.39, 0.29) is 10.2 Å². The molecule has 0 aliphatic rings. The van der Waals surface area contributed by atoms with E-state index in [1.165, 1.54) is 6.07 Å². The molecule has 1 N–H and O–H groups in total. The van der Waals surface area contributed by atoms with E-state index >= 15 is 0 Å². The van der Waals surface area contributed by atoms with Crippen LogP contribution in [0.15, 0.2) is 45.3 Å². The first kappa shape index (κ1) is 14.5. The standard InChI is InChI=1S/C15H8BrClF2O2/c16-8-5-10(18)14(11(19)6-8)15(20)13-4-7-3-9(17)1-2-12(7)21-13/h1-6,15,20H. The zero-order valence-electron chi connectivity index (χ0n) is 10.4. The van der Waals surface area contributed by atoms with Crippen molar-refractivity contribution in [2.75, 3.05) is 0 Å². The smallest absolute Gasteiger partial charge is 0.142 e. The molecule has 0 radical (unpaired) electrons. The second kappa shape index (κ2) is 5.40. The van der Waals surface area contributed by atoms with E-state index in [0.29, 0.717) is 16.0 Å². The monoisotopic (exact) mass is 372 g/mol. The molecule has 1 atom stereocenters. The van der Waals surface area contributed by atoms with E-state index in [9.17, 15) is 13.9 Å². The van der Waals surface area contributed by atoms with Crippen molar-refractivity contribution in [1.82, 2.24) is 0 Å². The van der Waals surface area contributed by atoms with Crippen LogP contribution in [0, 0.1) is 11.6 Å². The Balaban J connectivity index is 2.10. The predicted molar refractivity (Wildman–Crippen MR) is 79.3 cm³/mol.